The van der Waals surface area contributed by atoms with Crippen LogP contribution in [0.15, 0.2) is 54.3 Å². The van der Waals surface area contributed by atoms with Crippen LogP contribution in [-0.2, 0) is 11.3 Å². The maximum absolute atomic E-state index is 12.1. The number of allylic oxidation sites excluding steroid dienone is 1. The quantitative estimate of drug-likeness (QED) is 0.458. The molecule has 1 amide bonds. The number of aromatic nitrogens is 3. The zero-order valence-electron chi connectivity index (χ0n) is 19.8. The fraction of sp³-hybridized carbons (Fsp3) is 0.346. The molecule has 0 radical (unpaired) electrons. The van der Waals surface area contributed by atoms with E-state index in [9.17, 15) is 4.79 Å². The van der Waals surface area contributed by atoms with Gasteiger partial charge < -0.3 is 16.0 Å². The molecule has 0 spiro atoms. The molecule has 4 rings (SSSR count). The highest BCUT2D eigenvalue weighted by Crippen LogP contribution is 2.27. The van der Waals surface area contributed by atoms with Gasteiger partial charge in [0.1, 0.15) is 5.82 Å². The van der Waals surface area contributed by atoms with Crippen LogP contribution in [-0.4, -0.2) is 33.6 Å². The van der Waals surface area contributed by atoms with E-state index in [2.05, 4.69) is 47.0 Å². The number of hydrogen-bond acceptors (Lipinski definition) is 5. The Bertz CT molecular complexity index is 1220. The van der Waals surface area contributed by atoms with Crippen molar-refractivity contribution >= 4 is 28.6 Å². The summed E-state index contributed by atoms with van der Waals surface area (Å²) in [6.07, 6.45) is 6.69. The SMILES string of the molecule is CC(C)=CC(=O)Nc1cccc(CNc2cc(C3=CCNCC3)nc3c(C(C)C)cnn23)c1. The summed E-state index contributed by atoms with van der Waals surface area (Å²) in [4.78, 5) is 17.1. The lowest BCUT2D eigenvalue weighted by molar-refractivity contribution is -0.111. The van der Waals surface area contributed by atoms with Crippen molar-refractivity contribution in [1.29, 1.82) is 0 Å². The van der Waals surface area contributed by atoms with Gasteiger partial charge in [-0.2, -0.15) is 9.61 Å². The van der Waals surface area contributed by atoms with Gasteiger partial charge in [0.15, 0.2) is 5.65 Å². The molecule has 0 saturated heterocycles. The van der Waals surface area contributed by atoms with Crippen molar-refractivity contribution in [2.24, 2.45) is 0 Å². The Hall–Kier alpha value is -3.45. The molecule has 172 valence electrons. The first-order chi connectivity index (χ1) is 15.9. The molecule has 3 aromatic rings. The Labute approximate surface area is 195 Å². The van der Waals surface area contributed by atoms with Crippen molar-refractivity contribution in [2.75, 3.05) is 23.7 Å². The third-order valence-corrected chi connectivity index (χ3v) is 5.60. The summed E-state index contributed by atoms with van der Waals surface area (Å²) in [7, 11) is 0. The molecule has 1 aliphatic rings. The molecule has 7 heteroatoms. The predicted octanol–water partition coefficient (Wildman–Crippen LogP) is 4.75. The van der Waals surface area contributed by atoms with Crippen LogP contribution in [0.25, 0.3) is 11.2 Å². The fourth-order valence-electron chi connectivity index (χ4n) is 3.92. The monoisotopic (exact) mass is 444 g/mol. The summed E-state index contributed by atoms with van der Waals surface area (Å²) >= 11 is 0. The first-order valence-electron chi connectivity index (χ1n) is 11.5. The highest BCUT2D eigenvalue weighted by molar-refractivity contribution is 5.99. The Morgan fingerprint density at radius 1 is 1.27 bits per heavy atom. The molecule has 33 heavy (non-hydrogen) atoms. The molecule has 0 bridgehead atoms. The summed E-state index contributed by atoms with van der Waals surface area (Å²) in [6, 6.07) is 9.96. The molecule has 0 unspecified atom stereocenters. The third kappa shape index (κ3) is 5.49. The van der Waals surface area contributed by atoms with E-state index in [4.69, 9.17) is 4.98 Å². The van der Waals surface area contributed by atoms with Crippen LogP contribution >= 0.6 is 0 Å². The van der Waals surface area contributed by atoms with Crippen LogP contribution in [0.1, 0.15) is 56.9 Å². The molecule has 1 aromatic carbocycles. The van der Waals surface area contributed by atoms with Crippen LogP contribution in [0.4, 0.5) is 11.5 Å². The highest BCUT2D eigenvalue weighted by atomic mass is 16.1. The molecule has 1 aliphatic heterocycles. The topological polar surface area (TPSA) is 83.4 Å². The van der Waals surface area contributed by atoms with Crippen molar-refractivity contribution in [3.05, 3.63) is 71.1 Å². The highest BCUT2D eigenvalue weighted by Gasteiger charge is 2.16. The van der Waals surface area contributed by atoms with Gasteiger partial charge in [-0.25, -0.2) is 4.98 Å². The van der Waals surface area contributed by atoms with Crippen LogP contribution in [0, 0.1) is 0 Å². The zero-order chi connectivity index (χ0) is 23.4. The van der Waals surface area contributed by atoms with Crippen LogP contribution in [0.5, 0.6) is 0 Å². The van der Waals surface area contributed by atoms with Gasteiger partial charge in [-0.1, -0.05) is 37.6 Å². The number of anilines is 2. The van der Waals surface area contributed by atoms with Gasteiger partial charge in [-0.3, -0.25) is 4.79 Å². The van der Waals surface area contributed by atoms with Crippen LogP contribution in [0.3, 0.4) is 0 Å². The van der Waals surface area contributed by atoms with E-state index in [0.29, 0.717) is 12.5 Å². The van der Waals surface area contributed by atoms with Gasteiger partial charge in [0.05, 0.1) is 11.9 Å². The van der Waals surface area contributed by atoms with Gasteiger partial charge in [0, 0.05) is 36.5 Å². The lowest BCUT2D eigenvalue weighted by atomic mass is 10.0. The molecular weight excluding hydrogens is 412 g/mol. The Balaban J connectivity index is 1.61. The van der Waals surface area contributed by atoms with E-state index < -0.39 is 0 Å². The molecular formula is C26H32N6O. The lowest BCUT2D eigenvalue weighted by Gasteiger charge is -2.16. The number of benzene rings is 1. The standard InChI is InChI=1S/C26H32N6O/c1-17(2)12-25(33)30-21-7-5-6-19(13-21)15-28-24-14-23(20-8-10-27-11-9-20)31-26-22(18(3)4)16-29-32(24)26/h5-8,12-14,16,18,27-28H,9-11,15H2,1-4H3,(H,30,33). The molecule has 0 aliphatic carbocycles. The van der Waals surface area contributed by atoms with E-state index in [1.54, 1.807) is 6.08 Å². The number of fused-ring (bicyclic) bond motifs is 1. The summed E-state index contributed by atoms with van der Waals surface area (Å²) < 4.78 is 1.89. The summed E-state index contributed by atoms with van der Waals surface area (Å²) in [5, 5.41) is 14.5. The van der Waals surface area contributed by atoms with Crippen molar-refractivity contribution in [3.8, 4) is 0 Å². The number of hydrogen-bond donors (Lipinski definition) is 3. The molecule has 0 saturated carbocycles. The third-order valence-electron chi connectivity index (χ3n) is 5.60. The van der Waals surface area contributed by atoms with Crippen molar-refractivity contribution in [2.45, 2.75) is 46.6 Å². The number of amides is 1. The fourth-order valence-corrected chi connectivity index (χ4v) is 3.92. The van der Waals surface area contributed by atoms with E-state index >= 15 is 0 Å². The molecule has 3 N–H and O–H groups in total. The second-order valence-corrected chi connectivity index (χ2v) is 8.97. The van der Waals surface area contributed by atoms with E-state index in [0.717, 1.165) is 59.1 Å². The van der Waals surface area contributed by atoms with Crippen LogP contribution in [0.2, 0.25) is 0 Å². The van der Waals surface area contributed by atoms with Gasteiger partial charge in [0.2, 0.25) is 5.91 Å². The van der Waals surface area contributed by atoms with Crippen molar-refractivity contribution < 1.29 is 4.79 Å². The molecule has 0 fully saturated rings. The number of carbonyl (C=O) groups is 1. The normalized spacial score (nSPS) is 13.7. The number of nitrogens with one attached hydrogen (secondary N) is 3. The molecule has 3 heterocycles. The average molecular weight is 445 g/mol. The summed E-state index contributed by atoms with van der Waals surface area (Å²) in [6.45, 7) is 10.6. The number of carbonyl (C=O) groups excluding carboxylic acids is 1. The van der Waals surface area contributed by atoms with Crippen LogP contribution < -0.4 is 16.0 Å². The number of rotatable bonds is 7. The summed E-state index contributed by atoms with van der Waals surface area (Å²) in [5.41, 5.74) is 7.10. The molecule has 2 aromatic heterocycles. The first-order valence-corrected chi connectivity index (χ1v) is 11.5. The smallest absolute Gasteiger partial charge is 0.248 e. The number of nitrogens with zero attached hydrogens (tertiary/aromatic N) is 3. The first kappa shape index (κ1) is 22.7. The second kappa shape index (κ2) is 10.0. The minimum absolute atomic E-state index is 0.117. The van der Waals surface area contributed by atoms with E-state index in [-0.39, 0.29) is 5.91 Å². The minimum atomic E-state index is -0.117. The maximum atomic E-state index is 12.1. The molecule has 0 atom stereocenters. The Kier molecular flexibility index (Phi) is 6.89. The Morgan fingerprint density at radius 3 is 2.85 bits per heavy atom. The predicted molar refractivity (Wildman–Crippen MR) is 134 cm³/mol. The van der Waals surface area contributed by atoms with Gasteiger partial charge in [0.25, 0.3) is 0 Å². The zero-order valence-corrected chi connectivity index (χ0v) is 19.8. The van der Waals surface area contributed by atoms with Gasteiger partial charge in [-0.15, -0.1) is 0 Å². The minimum Gasteiger partial charge on any atom is -0.366 e. The maximum Gasteiger partial charge on any atom is 0.248 e. The van der Waals surface area contributed by atoms with Gasteiger partial charge in [-0.05, 0) is 56.0 Å². The van der Waals surface area contributed by atoms with E-state index in [1.807, 2.05) is 48.8 Å². The molecule has 7 nitrogen and oxygen atoms in total. The largest absolute Gasteiger partial charge is 0.366 e. The average Bonchev–Trinajstić information content (AvgIpc) is 3.22. The van der Waals surface area contributed by atoms with Crippen molar-refractivity contribution in [3.63, 3.8) is 0 Å². The van der Waals surface area contributed by atoms with Gasteiger partial charge >= 0.3 is 0 Å². The lowest BCUT2D eigenvalue weighted by Crippen LogP contribution is -2.20. The Morgan fingerprint density at radius 2 is 2.12 bits per heavy atom. The summed E-state index contributed by atoms with van der Waals surface area (Å²) in [5.74, 6) is 1.12. The van der Waals surface area contributed by atoms with E-state index in [1.165, 1.54) is 5.57 Å². The second-order valence-electron chi connectivity index (χ2n) is 8.97. The van der Waals surface area contributed by atoms with Crippen molar-refractivity contribution in [1.82, 2.24) is 19.9 Å².